The molecule has 0 spiro atoms. The first-order chi connectivity index (χ1) is 13.6. The molecule has 2 heterocycles. The van der Waals surface area contributed by atoms with Crippen LogP contribution in [0.15, 0.2) is 35.1 Å². The Morgan fingerprint density at radius 1 is 1.25 bits per heavy atom. The van der Waals surface area contributed by atoms with Gasteiger partial charge in [-0.05, 0) is 50.3 Å². The van der Waals surface area contributed by atoms with Crippen LogP contribution in [0.3, 0.4) is 0 Å². The Morgan fingerprint density at radius 2 is 2.14 bits per heavy atom. The normalized spacial score (nSPS) is 19.5. The van der Waals surface area contributed by atoms with Crippen molar-refractivity contribution in [3.8, 4) is 0 Å². The Bertz CT molecular complexity index is 993. The van der Waals surface area contributed by atoms with E-state index in [1.165, 1.54) is 0 Å². The van der Waals surface area contributed by atoms with Gasteiger partial charge in [-0.15, -0.1) is 0 Å². The number of fused-ring (bicyclic) bond motifs is 1. The molecule has 1 fully saturated rings. The lowest BCUT2D eigenvalue weighted by atomic mass is 9.85. The maximum absolute atomic E-state index is 12.5. The van der Waals surface area contributed by atoms with Crippen molar-refractivity contribution in [1.82, 2.24) is 25.8 Å². The van der Waals surface area contributed by atoms with Crippen molar-refractivity contribution in [3.63, 3.8) is 0 Å². The number of benzene rings is 1. The highest BCUT2D eigenvalue weighted by Crippen LogP contribution is 2.24. The molecule has 4 rings (SSSR count). The van der Waals surface area contributed by atoms with Gasteiger partial charge in [-0.25, -0.2) is 4.98 Å². The van der Waals surface area contributed by atoms with Crippen LogP contribution in [0, 0.1) is 12.8 Å². The fraction of sp³-hybridized carbons (Fsp3) is 0.400. The van der Waals surface area contributed by atoms with Crippen LogP contribution in [0.2, 0.25) is 0 Å². The van der Waals surface area contributed by atoms with Crippen molar-refractivity contribution in [2.45, 2.75) is 38.6 Å². The van der Waals surface area contributed by atoms with E-state index in [9.17, 15) is 9.59 Å². The average molecular weight is 381 g/mol. The minimum absolute atomic E-state index is 0.0847. The molecule has 146 valence electrons. The predicted molar refractivity (Wildman–Crippen MR) is 103 cm³/mol. The maximum Gasteiger partial charge on any atom is 0.273 e. The third-order valence-corrected chi connectivity index (χ3v) is 5.21. The van der Waals surface area contributed by atoms with Crippen LogP contribution in [-0.2, 0) is 0 Å². The van der Waals surface area contributed by atoms with Crippen LogP contribution in [0.1, 0.15) is 52.3 Å². The van der Waals surface area contributed by atoms with Gasteiger partial charge in [-0.3, -0.25) is 9.59 Å². The van der Waals surface area contributed by atoms with E-state index in [2.05, 4.69) is 25.8 Å². The number of carbonyl (C=O) groups is 2. The molecule has 2 atom stereocenters. The van der Waals surface area contributed by atoms with E-state index < -0.39 is 0 Å². The van der Waals surface area contributed by atoms with Crippen molar-refractivity contribution in [3.05, 3.63) is 47.6 Å². The Balaban J connectivity index is 1.29. The van der Waals surface area contributed by atoms with Crippen molar-refractivity contribution in [2.75, 3.05) is 6.54 Å². The van der Waals surface area contributed by atoms with E-state index in [4.69, 9.17) is 4.52 Å². The van der Waals surface area contributed by atoms with E-state index in [1.54, 1.807) is 25.4 Å². The maximum atomic E-state index is 12.5. The minimum atomic E-state index is -0.209. The molecule has 2 amide bonds. The van der Waals surface area contributed by atoms with E-state index in [-0.39, 0.29) is 17.9 Å². The number of aromatic amines is 1. The summed E-state index contributed by atoms with van der Waals surface area (Å²) in [5.41, 5.74) is 2.60. The van der Waals surface area contributed by atoms with Crippen LogP contribution in [0.5, 0.6) is 0 Å². The fourth-order valence-corrected chi connectivity index (χ4v) is 3.76. The number of nitrogens with zero attached hydrogens (tertiary/aromatic N) is 2. The van der Waals surface area contributed by atoms with Crippen molar-refractivity contribution in [1.29, 1.82) is 0 Å². The first-order valence-corrected chi connectivity index (χ1v) is 9.54. The number of rotatable bonds is 5. The zero-order valence-corrected chi connectivity index (χ0v) is 15.7. The quantitative estimate of drug-likeness (QED) is 0.629. The molecule has 2 aromatic heterocycles. The van der Waals surface area contributed by atoms with E-state index in [0.29, 0.717) is 29.5 Å². The van der Waals surface area contributed by atoms with E-state index in [1.807, 2.05) is 12.1 Å². The lowest BCUT2D eigenvalue weighted by Crippen LogP contribution is -2.41. The van der Waals surface area contributed by atoms with Gasteiger partial charge in [-0.1, -0.05) is 11.6 Å². The van der Waals surface area contributed by atoms with E-state index in [0.717, 1.165) is 36.7 Å². The lowest BCUT2D eigenvalue weighted by Gasteiger charge is -2.29. The largest absolute Gasteiger partial charge is 0.361 e. The highest BCUT2D eigenvalue weighted by molar-refractivity contribution is 5.97. The Kier molecular flexibility index (Phi) is 5.10. The van der Waals surface area contributed by atoms with Crippen molar-refractivity contribution < 1.29 is 14.1 Å². The zero-order chi connectivity index (χ0) is 19.5. The van der Waals surface area contributed by atoms with Crippen LogP contribution < -0.4 is 10.6 Å². The third-order valence-electron chi connectivity index (χ3n) is 5.21. The van der Waals surface area contributed by atoms with Gasteiger partial charge in [0.15, 0.2) is 5.69 Å². The number of aromatic nitrogens is 3. The Labute approximate surface area is 162 Å². The standard InChI is InChI=1S/C20H23N5O3/c1-12-7-18(25-28-12)20(27)24-15-4-2-3-13(8-15)10-21-19(26)14-5-6-16-17(9-14)23-11-22-16/h5-7,9,11,13,15H,2-4,8,10H2,1H3,(H,21,26)(H,22,23)(H,24,27)/t13-,15+/m1/s1. The number of hydrogen-bond acceptors (Lipinski definition) is 5. The molecule has 1 saturated carbocycles. The summed E-state index contributed by atoms with van der Waals surface area (Å²) in [6.45, 7) is 2.35. The monoisotopic (exact) mass is 381 g/mol. The molecule has 3 aromatic rings. The van der Waals surface area contributed by atoms with Crippen LogP contribution in [0.25, 0.3) is 11.0 Å². The topological polar surface area (TPSA) is 113 Å². The minimum Gasteiger partial charge on any atom is -0.361 e. The summed E-state index contributed by atoms with van der Waals surface area (Å²) < 4.78 is 4.96. The molecule has 1 aromatic carbocycles. The number of aryl methyl sites for hydroxylation is 1. The molecule has 0 unspecified atom stereocenters. The number of H-pyrrole nitrogens is 1. The SMILES string of the molecule is Cc1cc(C(=O)N[C@H]2CCC[C@@H](CNC(=O)c3ccc4nc[nH]c4c3)C2)no1. The second-order valence-electron chi connectivity index (χ2n) is 7.37. The third kappa shape index (κ3) is 4.05. The summed E-state index contributed by atoms with van der Waals surface area (Å²) in [4.78, 5) is 31.9. The second kappa shape index (κ2) is 7.84. The molecular weight excluding hydrogens is 358 g/mol. The van der Waals surface area contributed by atoms with Gasteiger partial charge in [0, 0.05) is 24.2 Å². The summed E-state index contributed by atoms with van der Waals surface area (Å²) in [6.07, 6.45) is 5.44. The van der Waals surface area contributed by atoms with Gasteiger partial charge in [0.1, 0.15) is 5.76 Å². The number of nitrogens with one attached hydrogen (secondary N) is 3. The van der Waals surface area contributed by atoms with E-state index >= 15 is 0 Å². The van der Waals surface area contributed by atoms with Crippen LogP contribution in [-0.4, -0.2) is 39.5 Å². The highest BCUT2D eigenvalue weighted by atomic mass is 16.5. The van der Waals surface area contributed by atoms with Crippen molar-refractivity contribution >= 4 is 22.8 Å². The lowest BCUT2D eigenvalue weighted by molar-refractivity contribution is 0.0895. The van der Waals surface area contributed by atoms with Gasteiger partial charge in [0.05, 0.1) is 17.4 Å². The highest BCUT2D eigenvalue weighted by Gasteiger charge is 2.25. The first-order valence-electron chi connectivity index (χ1n) is 9.54. The van der Waals surface area contributed by atoms with Gasteiger partial charge < -0.3 is 20.1 Å². The molecule has 3 N–H and O–H groups in total. The number of hydrogen-bond donors (Lipinski definition) is 3. The smallest absolute Gasteiger partial charge is 0.273 e. The summed E-state index contributed by atoms with van der Waals surface area (Å²) in [5, 5.41) is 9.81. The number of amides is 2. The summed E-state index contributed by atoms with van der Waals surface area (Å²) in [5.74, 6) is 0.640. The molecule has 1 aliphatic carbocycles. The summed E-state index contributed by atoms with van der Waals surface area (Å²) >= 11 is 0. The molecule has 0 saturated heterocycles. The molecule has 0 aliphatic heterocycles. The van der Waals surface area contributed by atoms with Crippen molar-refractivity contribution in [2.24, 2.45) is 5.92 Å². The van der Waals surface area contributed by atoms with Gasteiger partial charge >= 0.3 is 0 Å². The van der Waals surface area contributed by atoms with Gasteiger partial charge in [0.25, 0.3) is 11.8 Å². The Hall–Kier alpha value is -3.16. The average Bonchev–Trinajstić information content (AvgIpc) is 3.34. The zero-order valence-electron chi connectivity index (χ0n) is 15.7. The molecule has 1 aliphatic rings. The molecule has 8 heteroatoms. The molecule has 0 radical (unpaired) electrons. The summed E-state index contributed by atoms with van der Waals surface area (Å²) in [6, 6.07) is 7.14. The molecule has 8 nitrogen and oxygen atoms in total. The first kappa shape index (κ1) is 18.2. The Morgan fingerprint density at radius 3 is 2.96 bits per heavy atom. The van der Waals surface area contributed by atoms with Crippen LogP contribution in [0.4, 0.5) is 0 Å². The fourth-order valence-electron chi connectivity index (χ4n) is 3.76. The summed E-state index contributed by atoms with van der Waals surface area (Å²) in [7, 11) is 0. The number of carbonyl (C=O) groups excluding carboxylic acids is 2. The van der Waals surface area contributed by atoms with Crippen LogP contribution >= 0.6 is 0 Å². The predicted octanol–water partition coefficient (Wildman–Crippen LogP) is 2.58. The molecule has 0 bridgehead atoms. The molecule has 28 heavy (non-hydrogen) atoms. The molecular formula is C20H23N5O3. The second-order valence-corrected chi connectivity index (χ2v) is 7.37. The van der Waals surface area contributed by atoms with Gasteiger partial charge in [-0.2, -0.15) is 0 Å². The number of imidazole rings is 1. The van der Waals surface area contributed by atoms with Gasteiger partial charge in [0.2, 0.25) is 0 Å².